The van der Waals surface area contributed by atoms with Gasteiger partial charge in [0.05, 0.1) is 5.69 Å². The number of nitrogen functional groups attached to an aromatic ring is 1. The lowest BCUT2D eigenvalue weighted by atomic mass is 10.3. The smallest absolute Gasteiger partial charge is 0.180 e. The van der Waals surface area contributed by atoms with Gasteiger partial charge in [-0.25, -0.2) is 4.98 Å². The van der Waals surface area contributed by atoms with Crippen molar-refractivity contribution in [2.45, 2.75) is 12.8 Å². The normalized spacial score (nSPS) is 11.1. The Balaban J connectivity index is 2.13. The van der Waals surface area contributed by atoms with Gasteiger partial charge >= 0.3 is 0 Å². The van der Waals surface area contributed by atoms with Crippen LogP contribution < -0.4 is 5.73 Å². The molecule has 0 fully saturated rings. The predicted octanol–water partition coefficient (Wildman–Crippen LogP) is 1.24. The molecule has 86 valence electrons. The van der Waals surface area contributed by atoms with Gasteiger partial charge in [-0.05, 0) is 13.5 Å². The molecule has 0 bridgehead atoms. The molecular formula is C10H19N3OS. The molecule has 0 aliphatic carbocycles. The highest BCUT2D eigenvalue weighted by Gasteiger charge is 2.02. The molecule has 0 radical (unpaired) electrons. The number of methoxy groups -OCH3 is 1. The Labute approximate surface area is 95.1 Å². The summed E-state index contributed by atoms with van der Waals surface area (Å²) in [5, 5.41) is 2.69. The average molecular weight is 229 g/mol. The molecule has 0 saturated carbocycles. The van der Waals surface area contributed by atoms with Crippen LogP contribution in [0.3, 0.4) is 0 Å². The third-order valence-corrected chi connectivity index (χ3v) is 2.93. The van der Waals surface area contributed by atoms with E-state index in [4.69, 9.17) is 10.5 Å². The predicted molar refractivity (Wildman–Crippen MR) is 64.2 cm³/mol. The zero-order valence-corrected chi connectivity index (χ0v) is 10.2. The highest BCUT2D eigenvalue weighted by molar-refractivity contribution is 7.13. The number of ether oxygens (including phenoxy) is 1. The number of hydrogen-bond donors (Lipinski definition) is 1. The van der Waals surface area contributed by atoms with Gasteiger partial charge in [0.2, 0.25) is 0 Å². The molecule has 1 aromatic heterocycles. The molecule has 4 nitrogen and oxygen atoms in total. The average Bonchev–Trinajstić information content (AvgIpc) is 2.62. The van der Waals surface area contributed by atoms with Crippen LogP contribution in [0.15, 0.2) is 5.38 Å². The summed E-state index contributed by atoms with van der Waals surface area (Å²) in [6, 6.07) is 0. The van der Waals surface area contributed by atoms with Gasteiger partial charge in [-0.15, -0.1) is 11.3 Å². The molecular weight excluding hydrogens is 210 g/mol. The molecule has 5 heteroatoms. The summed E-state index contributed by atoms with van der Waals surface area (Å²) in [5.74, 6) is 0. The van der Waals surface area contributed by atoms with E-state index in [1.807, 2.05) is 5.38 Å². The molecule has 0 spiro atoms. The fourth-order valence-electron chi connectivity index (χ4n) is 1.33. The second-order valence-electron chi connectivity index (χ2n) is 3.58. The molecule has 0 saturated heterocycles. The number of nitrogens with two attached hydrogens (primary N) is 1. The zero-order chi connectivity index (χ0) is 11.1. The van der Waals surface area contributed by atoms with Crippen molar-refractivity contribution in [3.8, 4) is 0 Å². The number of hydrogen-bond acceptors (Lipinski definition) is 5. The number of nitrogens with zero attached hydrogens (tertiary/aromatic N) is 2. The first kappa shape index (κ1) is 12.4. The van der Waals surface area contributed by atoms with E-state index < -0.39 is 0 Å². The minimum atomic E-state index is 0.659. The van der Waals surface area contributed by atoms with E-state index >= 15 is 0 Å². The number of thiazole rings is 1. The summed E-state index contributed by atoms with van der Waals surface area (Å²) in [5.41, 5.74) is 6.65. The Bertz CT molecular complexity index is 277. The minimum Gasteiger partial charge on any atom is -0.385 e. The van der Waals surface area contributed by atoms with Gasteiger partial charge < -0.3 is 15.4 Å². The summed E-state index contributed by atoms with van der Waals surface area (Å²) in [7, 11) is 3.85. The molecule has 0 unspecified atom stereocenters. The van der Waals surface area contributed by atoms with Crippen molar-refractivity contribution in [3.63, 3.8) is 0 Å². The second kappa shape index (κ2) is 6.76. The van der Waals surface area contributed by atoms with Gasteiger partial charge in [0.15, 0.2) is 5.13 Å². The minimum absolute atomic E-state index is 0.659. The number of anilines is 1. The standard InChI is InChI=1S/C10H19N3OS/c1-13(5-3-7-14-2)6-4-9-8-15-10(11)12-9/h8H,3-7H2,1-2H3,(H2,11,12). The molecule has 0 amide bonds. The third kappa shape index (κ3) is 5.11. The lowest BCUT2D eigenvalue weighted by Gasteiger charge is -2.15. The fourth-order valence-corrected chi connectivity index (χ4v) is 1.93. The highest BCUT2D eigenvalue weighted by atomic mass is 32.1. The third-order valence-electron chi connectivity index (χ3n) is 2.21. The van der Waals surface area contributed by atoms with Crippen molar-refractivity contribution >= 4 is 16.5 Å². The Morgan fingerprint density at radius 1 is 1.53 bits per heavy atom. The van der Waals surface area contributed by atoms with E-state index in [0.29, 0.717) is 5.13 Å². The van der Waals surface area contributed by atoms with Crippen molar-refractivity contribution in [2.24, 2.45) is 0 Å². The van der Waals surface area contributed by atoms with Crippen LogP contribution in [0.25, 0.3) is 0 Å². The van der Waals surface area contributed by atoms with Crippen LogP contribution in [-0.4, -0.2) is 43.7 Å². The summed E-state index contributed by atoms with van der Waals surface area (Å²) < 4.78 is 5.00. The highest BCUT2D eigenvalue weighted by Crippen LogP contribution is 2.11. The number of rotatable bonds is 7. The van der Waals surface area contributed by atoms with Crippen LogP contribution >= 0.6 is 11.3 Å². The lowest BCUT2D eigenvalue weighted by Crippen LogP contribution is -2.23. The van der Waals surface area contributed by atoms with E-state index in [1.54, 1.807) is 7.11 Å². The molecule has 2 N–H and O–H groups in total. The topological polar surface area (TPSA) is 51.4 Å². The Kier molecular flexibility index (Phi) is 5.60. The lowest BCUT2D eigenvalue weighted by molar-refractivity contribution is 0.179. The second-order valence-corrected chi connectivity index (χ2v) is 4.47. The Hall–Kier alpha value is -0.650. The van der Waals surface area contributed by atoms with E-state index in [0.717, 1.165) is 38.2 Å². The molecule has 0 aliphatic heterocycles. The van der Waals surface area contributed by atoms with Gasteiger partial charge in [0.25, 0.3) is 0 Å². The van der Waals surface area contributed by atoms with Crippen molar-refractivity contribution < 1.29 is 4.74 Å². The summed E-state index contributed by atoms with van der Waals surface area (Å²) in [6.45, 7) is 2.91. The van der Waals surface area contributed by atoms with Crippen LogP contribution in [0, 0.1) is 0 Å². The van der Waals surface area contributed by atoms with Gasteiger partial charge in [-0.1, -0.05) is 0 Å². The Morgan fingerprint density at radius 3 is 2.93 bits per heavy atom. The molecule has 15 heavy (non-hydrogen) atoms. The molecule has 1 heterocycles. The van der Waals surface area contributed by atoms with Crippen LogP contribution in [0.1, 0.15) is 12.1 Å². The van der Waals surface area contributed by atoms with Crippen molar-refractivity contribution in [2.75, 3.05) is 39.6 Å². The maximum absolute atomic E-state index is 5.56. The van der Waals surface area contributed by atoms with Crippen LogP contribution in [0.4, 0.5) is 5.13 Å². The summed E-state index contributed by atoms with van der Waals surface area (Å²) in [4.78, 5) is 6.51. The van der Waals surface area contributed by atoms with Crippen LogP contribution in [0.5, 0.6) is 0 Å². The first-order valence-electron chi connectivity index (χ1n) is 5.09. The van der Waals surface area contributed by atoms with Crippen molar-refractivity contribution in [1.82, 2.24) is 9.88 Å². The number of aromatic nitrogens is 1. The van der Waals surface area contributed by atoms with Gasteiger partial charge in [-0.3, -0.25) is 0 Å². The molecule has 0 atom stereocenters. The fraction of sp³-hybridized carbons (Fsp3) is 0.700. The van der Waals surface area contributed by atoms with E-state index in [1.165, 1.54) is 11.3 Å². The largest absolute Gasteiger partial charge is 0.385 e. The molecule has 1 rings (SSSR count). The van der Waals surface area contributed by atoms with Crippen molar-refractivity contribution in [3.05, 3.63) is 11.1 Å². The summed E-state index contributed by atoms with van der Waals surface area (Å²) in [6.07, 6.45) is 2.05. The van der Waals surface area contributed by atoms with Crippen LogP contribution in [0.2, 0.25) is 0 Å². The first-order chi connectivity index (χ1) is 7.22. The first-order valence-corrected chi connectivity index (χ1v) is 5.97. The quantitative estimate of drug-likeness (QED) is 0.715. The van der Waals surface area contributed by atoms with Crippen molar-refractivity contribution in [1.29, 1.82) is 0 Å². The van der Waals surface area contributed by atoms with E-state index in [2.05, 4.69) is 16.9 Å². The van der Waals surface area contributed by atoms with Gasteiger partial charge in [0.1, 0.15) is 0 Å². The molecule has 0 aromatic carbocycles. The maximum Gasteiger partial charge on any atom is 0.180 e. The monoisotopic (exact) mass is 229 g/mol. The summed E-state index contributed by atoms with van der Waals surface area (Å²) >= 11 is 1.51. The zero-order valence-electron chi connectivity index (χ0n) is 9.40. The number of likely N-dealkylation sites (N-methyl/N-ethyl adjacent to an activating group) is 1. The maximum atomic E-state index is 5.56. The van der Waals surface area contributed by atoms with Gasteiger partial charge in [0, 0.05) is 38.6 Å². The van der Waals surface area contributed by atoms with E-state index in [9.17, 15) is 0 Å². The molecule has 1 aromatic rings. The van der Waals surface area contributed by atoms with E-state index in [-0.39, 0.29) is 0 Å². The van der Waals surface area contributed by atoms with Gasteiger partial charge in [-0.2, -0.15) is 0 Å². The van der Waals surface area contributed by atoms with Crippen LogP contribution in [-0.2, 0) is 11.2 Å². The molecule has 0 aliphatic rings. The SMILES string of the molecule is COCCCN(C)CCc1csc(N)n1. The Morgan fingerprint density at radius 2 is 2.33 bits per heavy atom.